The Morgan fingerprint density at radius 1 is 1.03 bits per heavy atom. The maximum Gasteiger partial charge on any atom is 0.209 e. The number of hydrogen-bond acceptors (Lipinski definition) is 6. The average molecular weight is 532 g/mol. The number of carbonyl (C=O) groups is 1. The summed E-state index contributed by atoms with van der Waals surface area (Å²) in [4.78, 5) is 11.8. The summed E-state index contributed by atoms with van der Waals surface area (Å²) in [6, 6.07) is 10.8. The Balaban J connectivity index is 2.11. The molecular weight excluding hydrogens is 501 g/mol. The number of nitrogens with one attached hydrogen (secondary N) is 1. The molecule has 0 bridgehead atoms. The van der Waals surface area contributed by atoms with Crippen molar-refractivity contribution in [2.75, 3.05) is 26.0 Å². The normalized spacial score (nSPS) is 13.9. The van der Waals surface area contributed by atoms with Crippen molar-refractivity contribution in [2.45, 2.75) is 45.1 Å². The van der Waals surface area contributed by atoms with Crippen molar-refractivity contribution in [3.8, 4) is 11.5 Å². The molecule has 0 aliphatic rings. The quantitative estimate of drug-likeness (QED) is 0.422. The molecule has 0 amide bonds. The maximum atomic E-state index is 11.8. The van der Waals surface area contributed by atoms with Gasteiger partial charge in [0.25, 0.3) is 0 Å². The van der Waals surface area contributed by atoms with Crippen molar-refractivity contribution >= 4 is 39.0 Å². The van der Waals surface area contributed by atoms with Crippen LogP contribution in [0.1, 0.15) is 45.2 Å². The van der Waals surface area contributed by atoms with Crippen LogP contribution in [-0.2, 0) is 20.2 Å². The second kappa shape index (κ2) is 11.3. The van der Waals surface area contributed by atoms with Crippen LogP contribution in [-0.4, -0.2) is 50.9 Å². The minimum absolute atomic E-state index is 0.0694. The van der Waals surface area contributed by atoms with Crippen LogP contribution >= 0.6 is 23.2 Å². The number of benzene rings is 2. The van der Waals surface area contributed by atoms with Crippen molar-refractivity contribution < 1.29 is 27.8 Å². The third kappa shape index (κ3) is 8.13. The number of rotatable bonds is 12. The molecule has 0 aliphatic heterocycles. The Morgan fingerprint density at radius 3 is 2.09 bits per heavy atom. The van der Waals surface area contributed by atoms with Crippen LogP contribution in [0, 0.1) is 0 Å². The van der Waals surface area contributed by atoms with Crippen molar-refractivity contribution in [3.05, 3.63) is 57.6 Å². The molecule has 0 heterocycles. The van der Waals surface area contributed by atoms with E-state index in [4.69, 9.17) is 32.7 Å². The van der Waals surface area contributed by atoms with E-state index in [1.165, 1.54) is 0 Å². The van der Waals surface area contributed by atoms with E-state index in [-0.39, 0.29) is 25.5 Å². The van der Waals surface area contributed by atoms with Crippen LogP contribution < -0.4 is 14.2 Å². The molecule has 7 nitrogen and oxygen atoms in total. The number of Topliss-reactive ketones (excluding diaryl/α,β-unsaturated/α-hetero) is 1. The van der Waals surface area contributed by atoms with Crippen LogP contribution in [0.3, 0.4) is 0 Å². The highest BCUT2D eigenvalue weighted by atomic mass is 35.5. The highest BCUT2D eigenvalue weighted by molar-refractivity contribution is 7.88. The Kier molecular flexibility index (Phi) is 9.41. The van der Waals surface area contributed by atoms with Crippen LogP contribution in [0.15, 0.2) is 36.4 Å². The molecular formula is C24H31Cl2NO6S. The summed E-state index contributed by atoms with van der Waals surface area (Å²) in [5.74, 6) is 0.423. The van der Waals surface area contributed by atoms with Crippen molar-refractivity contribution in [1.82, 2.24) is 4.72 Å². The largest absolute Gasteiger partial charge is 0.487 e. The average Bonchev–Trinajstić information content (AvgIpc) is 2.75. The standard InChI is InChI=1S/C24H31Cl2NO6S/c1-6-24(4,29)15-33-22-20(25)11-17(12-21(22)26)23(2,3)16-7-9-19(10-8-16)32-14-18(28)13-27-34(5,30)31/h7-12,27,29H,6,13-15H2,1-5H3. The summed E-state index contributed by atoms with van der Waals surface area (Å²) in [6.45, 7) is 7.09. The Bertz CT molecular complexity index is 1090. The summed E-state index contributed by atoms with van der Waals surface area (Å²) >= 11 is 12.9. The van der Waals surface area contributed by atoms with Gasteiger partial charge in [-0.15, -0.1) is 0 Å². The summed E-state index contributed by atoms with van der Waals surface area (Å²) in [5, 5.41) is 10.9. The predicted octanol–water partition coefficient (Wildman–Crippen LogP) is 4.36. The van der Waals surface area contributed by atoms with Gasteiger partial charge in [-0.2, -0.15) is 0 Å². The molecule has 1 atom stereocenters. The molecule has 2 N–H and O–H groups in total. The van der Waals surface area contributed by atoms with Crippen LogP contribution in [0.25, 0.3) is 0 Å². The van der Waals surface area contributed by atoms with Gasteiger partial charge in [0.05, 0.1) is 28.4 Å². The fourth-order valence-corrected chi connectivity index (χ4v) is 3.97. The van der Waals surface area contributed by atoms with Gasteiger partial charge in [0.2, 0.25) is 10.0 Å². The minimum Gasteiger partial charge on any atom is -0.487 e. The smallest absolute Gasteiger partial charge is 0.209 e. The van der Waals surface area contributed by atoms with E-state index in [9.17, 15) is 18.3 Å². The first-order valence-corrected chi connectivity index (χ1v) is 13.3. The molecule has 0 saturated heterocycles. The van der Waals surface area contributed by atoms with E-state index in [1.807, 2.05) is 32.9 Å². The lowest BCUT2D eigenvalue weighted by atomic mass is 9.78. The molecule has 34 heavy (non-hydrogen) atoms. The number of ether oxygens (including phenoxy) is 2. The van der Waals surface area contributed by atoms with E-state index in [0.717, 1.165) is 17.4 Å². The molecule has 188 valence electrons. The van der Waals surface area contributed by atoms with Crippen LogP contribution in [0.2, 0.25) is 10.0 Å². The van der Waals surface area contributed by atoms with Gasteiger partial charge in [-0.05, 0) is 48.7 Å². The summed E-state index contributed by atoms with van der Waals surface area (Å²) in [5.41, 5.74) is 0.380. The zero-order valence-electron chi connectivity index (χ0n) is 19.9. The monoisotopic (exact) mass is 531 g/mol. The molecule has 0 radical (unpaired) electrons. The SMILES string of the molecule is CCC(C)(O)COc1c(Cl)cc(C(C)(C)c2ccc(OCC(=O)CNS(C)(=O)=O)cc2)cc1Cl. The van der Waals surface area contributed by atoms with E-state index in [0.29, 0.717) is 28.0 Å². The van der Waals surface area contributed by atoms with E-state index in [2.05, 4.69) is 4.72 Å². The fraction of sp³-hybridized carbons (Fsp3) is 0.458. The number of ketones is 1. The highest BCUT2D eigenvalue weighted by Crippen LogP contribution is 2.41. The zero-order chi connectivity index (χ0) is 25.7. The molecule has 1 unspecified atom stereocenters. The summed E-state index contributed by atoms with van der Waals surface area (Å²) in [7, 11) is -3.43. The number of hydrogen-bond donors (Lipinski definition) is 2. The molecule has 10 heteroatoms. The third-order valence-electron chi connectivity index (χ3n) is 5.52. The van der Waals surface area contributed by atoms with Gasteiger partial charge in [0.15, 0.2) is 11.5 Å². The second-order valence-electron chi connectivity index (χ2n) is 8.98. The van der Waals surface area contributed by atoms with Crippen LogP contribution in [0.5, 0.6) is 11.5 Å². The summed E-state index contributed by atoms with van der Waals surface area (Å²) in [6.07, 6.45) is 1.51. The maximum absolute atomic E-state index is 11.8. The molecule has 2 aromatic rings. The van der Waals surface area contributed by atoms with Gasteiger partial charge in [-0.25, -0.2) is 13.1 Å². The van der Waals surface area contributed by atoms with Gasteiger partial charge in [0.1, 0.15) is 19.0 Å². The van der Waals surface area contributed by atoms with Gasteiger partial charge in [-0.3, -0.25) is 4.79 Å². The predicted molar refractivity (Wildman–Crippen MR) is 135 cm³/mol. The van der Waals surface area contributed by atoms with Gasteiger partial charge >= 0.3 is 0 Å². The molecule has 2 rings (SSSR count). The lowest BCUT2D eigenvalue weighted by molar-refractivity contribution is -0.119. The number of sulfonamides is 1. The minimum atomic E-state index is -3.43. The Labute approximate surface area is 211 Å². The van der Waals surface area contributed by atoms with E-state index >= 15 is 0 Å². The molecule has 0 saturated carbocycles. The Morgan fingerprint density at radius 2 is 1.59 bits per heavy atom. The highest BCUT2D eigenvalue weighted by Gasteiger charge is 2.27. The first-order chi connectivity index (χ1) is 15.6. The topological polar surface area (TPSA) is 102 Å². The number of aliphatic hydroxyl groups is 1. The van der Waals surface area contributed by atoms with Crippen LogP contribution in [0.4, 0.5) is 0 Å². The lowest BCUT2D eigenvalue weighted by Crippen LogP contribution is -2.31. The summed E-state index contributed by atoms with van der Waals surface area (Å²) < 4.78 is 35.4. The molecule has 0 spiro atoms. The lowest BCUT2D eigenvalue weighted by Gasteiger charge is -2.28. The molecule has 0 aromatic heterocycles. The number of carbonyl (C=O) groups excluding carboxylic acids is 1. The van der Waals surface area contributed by atoms with Gasteiger partial charge < -0.3 is 14.6 Å². The van der Waals surface area contributed by atoms with E-state index < -0.39 is 21.0 Å². The first kappa shape index (κ1) is 28.4. The molecule has 2 aromatic carbocycles. The fourth-order valence-electron chi connectivity index (χ4n) is 2.95. The van der Waals surface area contributed by atoms with Gasteiger partial charge in [0, 0.05) is 5.41 Å². The first-order valence-electron chi connectivity index (χ1n) is 10.7. The molecule has 0 fully saturated rings. The third-order valence-corrected chi connectivity index (χ3v) is 6.75. The molecule has 0 aliphatic carbocycles. The van der Waals surface area contributed by atoms with Crippen molar-refractivity contribution in [1.29, 1.82) is 0 Å². The zero-order valence-corrected chi connectivity index (χ0v) is 22.3. The van der Waals surface area contributed by atoms with Crippen molar-refractivity contribution in [3.63, 3.8) is 0 Å². The van der Waals surface area contributed by atoms with Gasteiger partial charge in [-0.1, -0.05) is 56.1 Å². The Hall–Kier alpha value is -1.84. The van der Waals surface area contributed by atoms with E-state index in [1.54, 1.807) is 31.2 Å². The van der Waals surface area contributed by atoms with Crippen molar-refractivity contribution in [2.24, 2.45) is 0 Å². The number of halogens is 2. The second-order valence-corrected chi connectivity index (χ2v) is 11.6.